The fraction of sp³-hybridized carbons (Fsp3) is 0.121. The maximum atomic E-state index is 13.5. The summed E-state index contributed by atoms with van der Waals surface area (Å²) in [5.41, 5.74) is 5.18. The number of rotatable bonds is 6. The SMILES string of the molecule is COc1ccc(CC2CC(c3c4c(=O)oc5ccccc5c4nn3-c3ccccc3)=NN2c2ccccc2)cc1. The van der Waals surface area contributed by atoms with E-state index >= 15 is 0 Å². The minimum Gasteiger partial charge on any atom is -0.497 e. The van der Waals surface area contributed by atoms with E-state index in [1.165, 1.54) is 5.56 Å². The lowest BCUT2D eigenvalue weighted by Gasteiger charge is -2.23. The van der Waals surface area contributed by atoms with E-state index < -0.39 is 5.63 Å². The largest absolute Gasteiger partial charge is 0.497 e. The fourth-order valence-corrected chi connectivity index (χ4v) is 5.47. The van der Waals surface area contributed by atoms with Gasteiger partial charge in [0.05, 0.1) is 30.2 Å². The lowest BCUT2D eigenvalue weighted by molar-refractivity contribution is 0.414. The van der Waals surface area contributed by atoms with Crippen LogP contribution in [0, 0.1) is 0 Å². The van der Waals surface area contributed by atoms with E-state index in [1.807, 2.05) is 83.5 Å². The molecule has 1 aliphatic rings. The van der Waals surface area contributed by atoms with Gasteiger partial charge in [0.25, 0.3) is 0 Å². The average molecular weight is 527 g/mol. The molecule has 7 rings (SSSR count). The Kier molecular flexibility index (Phi) is 5.89. The van der Waals surface area contributed by atoms with E-state index in [1.54, 1.807) is 13.2 Å². The molecule has 0 saturated carbocycles. The Bertz CT molecular complexity index is 1910. The van der Waals surface area contributed by atoms with E-state index in [-0.39, 0.29) is 6.04 Å². The second kappa shape index (κ2) is 9.85. The lowest BCUT2D eigenvalue weighted by Crippen LogP contribution is -2.28. The van der Waals surface area contributed by atoms with Crippen LogP contribution in [0.4, 0.5) is 5.69 Å². The number of anilines is 1. The normalized spacial score (nSPS) is 15.1. The Morgan fingerprint density at radius 3 is 2.25 bits per heavy atom. The number of hydrazone groups is 1. The van der Waals surface area contributed by atoms with Crippen LogP contribution in [0.2, 0.25) is 0 Å². The van der Waals surface area contributed by atoms with Gasteiger partial charge in [0.1, 0.15) is 27.9 Å². The van der Waals surface area contributed by atoms with Gasteiger partial charge in [-0.1, -0.05) is 60.7 Å². The first kappa shape index (κ1) is 23.9. The van der Waals surface area contributed by atoms with E-state index in [0.29, 0.717) is 28.6 Å². The van der Waals surface area contributed by atoms with Crippen molar-refractivity contribution in [3.05, 3.63) is 131 Å². The molecule has 196 valence electrons. The van der Waals surface area contributed by atoms with Crippen molar-refractivity contribution in [2.24, 2.45) is 5.10 Å². The summed E-state index contributed by atoms with van der Waals surface area (Å²) in [4.78, 5) is 13.5. The summed E-state index contributed by atoms with van der Waals surface area (Å²) in [5.74, 6) is 0.823. The third kappa shape index (κ3) is 4.12. The third-order valence-electron chi connectivity index (χ3n) is 7.36. The highest BCUT2D eigenvalue weighted by Gasteiger charge is 2.33. The van der Waals surface area contributed by atoms with E-state index in [0.717, 1.165) is 34.6 Å². The van der Waals surface area contributed by atoms with Crippen molar-refractivity contribution in [2.45, 2.75) is 18.9 Å². The zero-order chi connectivity index (χ0) is 27.1. The number of para-hydroxylation sites is 3. The molecule has 1 aliphatic heterocycles. The molecular formula is C33H26N4O3. The monoisotopic (exact) mass is 526 g/mol. The number of hydrogen-bond acceptors (Lipinski definition) is 6. The predicted molar refractivity (Wildman–Crippen MR) is 158 cm³/mol. The third-order valence-corrected chi connectivity index (χ3v) is 7.36. The van der Waals surface area contributed by atoms with Crippen molar-refractivity contribution in [3.63, 3.8) is 0 Å². The summed E-state index contributed by atoms with van der Waals surface area (Å²) >= 11 is 0. The highest BCUT2D eigenvalue weighted by Crippen LogP contribution is 2.33. The smallest absolute Gasteiger partial charge is 0.348 e. The number of aromatic nitrogens is 2. The minimum absolute atomic E-state index is 0.0347. The van der Waals surface area contributed by atoms with E-state index in [2.05, 4.69) is 29.3 Å². The second-order valence-corrected chi connectivity index (χ2v) is 9.84. The summed E-state index contributed by atoms with van der Waals surface area (Å²) in [6.07, 6.45) is 1.39. The van der Waals surface area contributed by atoms with Crippen molar-refractivity contribution >= 4 is 33.3 Å². The van der Waals surface area contributed by atoms with Gasteiger partial charge in [-0.2, -0.15) is 10.2 Å². The molecule has 0 radical (unpaired) electrons. The minimum atomic E-state index is -0.418. The van der Waals surface area contributed by atoms with E-state index in [9.17, 15) is 4.79 Å². The molecule has 7 nitrogen and oxygen atoms in total. The molecule has 4 aromatic carbocycles. The molecule has 0 bridgehead atoms. The molecule has 0 N–H and O–H groups in total. The first-order valence-corrected chi connectivity index (χ1v) is 13.2. The quantitative estimate of drug-likeness (QED) is 0.236. The number of benzene rings is 4. The summed E-state index contributed by atoms with van der Waals surface area (Å²) in [5, 5.41) is 13.4. The number of fused-ring (bicyclic) bond motifs is 3. The molecule has 7 heteroatoms. The van der Waals surface area contributed by atoms with Gasteiger partial charge in [-0.25, -0.2) is 9.48 Å². The summed E-state index contributed by atoms with van der Waals surface area (Å²) in [6, 6.07) is 35.7. The molecule has 6 aromatic rings. The van der Waals surface area contributed by atoms with Crippen LogP contribution in [0.3, 0.4) is 0 Å². The molecule has 1 unspecified atom stereocenters. The van der Waals surface area contributed by atoms with Gasteiger partial charge in [0.2, 0.25) is 0 Å². The molecule has 0 spiro atoms. The van der Waals surface area contributed by atoms with Crippen molar-refractivity contribution < 1.29 is 9.15 Å². The Labute approximate surface area is 230 Å². The van der Waals surface area contributed by atoms with Crippen molar-refractivity contribution in [2.75, 3.05) is 12.1 Å². The molecule has 0 saturated heterocycles. The van der Waals surface area contributed by atoms with Crippen LogP contribution in [0.1, 0.15) is 17.7 Å². The molecule has 2 aromatic heterocycles. The maximum Gasteiger partial charge on any atom is 0.348 e. The van der Waals surface area contributed by atoms with Gasteiger partial charge in [0.15, 0.2) is 0 Å². The van der Waals surface area contributed by atoms with Crippen LogP contribution >= 0.6 is 0 Å². The maximum absolute atomic E-state index is 13.5. The van der Waals surface area contributed by atoms with Gasteiger partial charge in [0, 0.05) is 11.8 Å². The topological polar surface area (TPSA) is 72.9 Å². The fourth-order valence-electron chi connectivity index (χ4n) is 5.47. The molecular weight excluding hydrogens is 500 g/mol. The predicted octanol–water partition coefficient (Wildman–Crippen LogP) is 6.37. The zero-order valence-electron chi connectivity index (χ0n) is 21.9. The first-order valence-electron chi connectivity index (χ1n) is 13.2. The molecule has 0 fully saturated rings. The molecule has 1 atom stereocenters. The lowest BCUT2D eigenvalue weighted by atomic mass is 9.99. The van der Waals surface area contributed by atoms with Crippen LogP contribution in [0.15, 0.2) is 124 Å². The van der Waals surface area contributed by atoms with Gasteiger partial charge < -0.3 is 9.15 Å². The van der Waals surface area contributed by atoms with E-state index in [4.69, 9.17) is 19.4 Å². The summed E-state index contributed by atoms with van der Waals surface area (Å²) < 4.78 is 13.0. The van der Waals surface area contributed by atoms with Crippen LogP contribution in [-0.4, -0.2) is 28.6 Å². The average Bonchev–Trinajstić information content (AvgIpc) is 3.61. The molecule has 40 heavy (non-hydrogen) atoms. The number of methoxy groups -OCH3 is 1. The number of ether oxygens (including phenoxy) is 1. The highest BCUT2D eigenvalue weighted by molar-refractivity contribution is 6.15. The Morgan fingerprint density at radius 2 is 1.52 bits per heavy atom. The summed E-state index contributed by atoms with van der Waals surface area (Å²) in [6.45, 7) is 0. The zero-order valence-corrected chi connectivity index (χ0v) is 21.9. The van der Waals surface area contributed by atoms with Crippen molar-refractivity contribution in [1.82, 2.24) is 9.78 Å². The van der Waals surface area contributed by atoms with Gasteiger partial charge >= 0.3 is 5.63 Å². The van der Waals surface area contributed by atoms with Gasteiger partial charge in [-0.3, -0.25) is 5.01 Å². The van der Waals surface area contributed by atoms with Gasteiger partial charge in [-0.15, -0.1) is 0 Å². The van der Waals surface area contributed by atoms with Gasteiger partial charge in [-0.05, 0) is 60.5 Å². The first-order chi connectivity index (χ1) is 19.7. The van der Waals surface area contributed by atoms with Crippen LogP contribution in [-0.2, 0) is 6.42 Å². The van der Waals surface area contributed by atoms with Crippen LogP contribution in [0.5, 0.6) is 5.75 Å². The Balaban J connectivity index is 1.41. The Morgan fingerprint density at radius 1 is 0.850 bits per heavy atom. The molecule has 3 heterocycles. The summed E-state index contributed by atoms with van der Waals surface area (Å²) in [7, 11) is 1.67. The van der Waals surface area contributed by atoms with Crippen molar-refractivity contribution in [3.8, 4) is 11.4 Å². The molecule has 0 aliphatic carbocycles. The standard InChI is InChI=1S/C33H26N4O3/c1-39-26-18-16-22(17-19-26)20-25-21-28(34-36(25)23-10-4-2-5-11-23)32-30-31(35-37(32)24-12-6-3-7-13-24)27-14-8-9-15-29(27)40-33(30)38/h2-19,25H,20-21H2,1H3. The number of nitrogens with zero attached hydrogens (tertiary/aromatic N) is 4. The van der Waals surface area contributed by atoms with Crippen molar-refractivity contribution in [1.29, 1.82) is 0 Å². The number of hydrogen-bond donors (Lipinski definition) is 0. The Hall–Kier alpha value is -5.17. The second-order valence-electron chi connectivity index (χ2n) is 9.84. The van der Waals surface area contributed by atoms with Crippen LogP contribution < -0.4 is 15.4 Å². The molecule has 0 amide bonds. The van der Waals surface area contributed by atoms with Crippen LogP contribution in [0.25, 0.3) is 27.6 Å². The highest BCUT2D eigenvalue weighted by atomic mass is 16.5.